The van der Waals surface area contributed by atoms with Crippen LogP contribution in [0.2, 0.25) is 12.1 Å². The van der Waals surface area contributed by atoms with Crippen molar-refractivity contribution >= 4 is 53.1 Å². The molecule has 0 aliphatic rings. The van der Waals surface area contributed by atoms with Gasteiger partial charge in [-0.15, -0.1) is 0 Å². The number of benzene rings is 1. The summed E-state index contributed by atoms with van der Waals surface area (Å²) in [6.45, 7) is 0.560. The highest BCUT2D eigenvalue weighted by Gasteiger charge is 2.37. The molecule has 0 aliphatic heterocycles. The van der Waals surface area contributed by atoms with Gasteiger partial charge < -0.3 is 36.0 Å². The van der Waals surface area contributed by atoms with Crippen molar-refractivity contribution in [1.82, 2.24) is 0 Å². The molecule has 1 aromatic carbocycles. The van der Waals surface area contributed by atoms with Crippen LogP contribution in [0, 0.1) is 0 Å². The molecule has 0 heterocycles. The molecule has 14 heteroatoms. The second-order valence-corrected chi connectivity index (χ2v) is 17.2. The number of carbonyl (C=O) groups excluding carboxylic acids is 2. The van der Waals surface area contributed by atoms with Crippen molar-refractivity contribution in [3.63, 3.8) is 0 Å². The molecule has 0 radical (unpaired) electrons. The first kappa shape index (κ1) is 37.1. The topological polar surface area (TPSA) is 108 Å². The molecule has 0 amide bonds. The SMILES string of the molecule is CO[Si](CCCSCCCOC(=O)c1ccccc1C(=O)OCCCSCCC[Si](OC)(OC)OC)(OC)OC. The highest BCUT2D eigenvalue weighted by atomic mass is 32.2. The van der Waals surface area contributed by atoms with Crippen molar-refractivity contribution in [1.29, 1.82) is 0 Å². The summed E-state index contributed by atoms with van der Waals surface area (Å²) < 4.78 is 43.4. The number of carbonyl (C=O) groups is 2. The van der Waals surface area contributed by atoms with Crippen LogP contribution in [0.1, 0.15) is 46.4 Å². The Morgan fingerprint density at radius 2 is 0.900 bits per heavy atom. The summed E-state index contributed by atoms with van der Waals surface area (Å²) in [5.41, 5.74) is 0.438. The van der Waals surface area contributed by atoms with E-state index in [9.17, 15) is 9.59 Å². The monoisotopic (exact) mass is 638 g/mol. The molecule has 0 aromatic heterocycles. The number of hydrogen-bond donors (Lipinski definition) is 0. The average molecular weight is 639 g/mol. The standard InChI is InChI=1S/C26H46O10S2Si2/c1-29-39(30-2,31-3)21-11-19-37-17-9-15-35-25(27)23-13-7-8-14-24(23)26(28)36-16-10-18-38-20-12-22-40(32-4,33-5)34-6/h7-8,13-14H,9-12,15-22H2,1-6H3. The number of rotatable bonds is 24. The molecule has 1 aromatic rings. The lowest BCUT2D eigenvalue weighted by Crippen LogP contribution is -2.42. The maximum Gasteiger partial charge on any atom is 0.500 e. The zero-order chi connectivity index (χ0) is 29.7. The van der Waals surface area contributed by atoms with Gasteiger partial charge in [-0.25, -0.2) is 9.59 Å². The van der Waals surface area contributed by atoms with E-state index in [1.165, 1.54) is 0 Å². The molecule has 230 valence electrons. The van der Waals surface area contributed by atoms with Crippen molar-refractivity contribution in [2.45, 2.75) is 37.8 Å². The summed E-state index contributed by atoms with van der Waals surface area (Å²) in [5.74, 6) is 2.53. The van der Waals surface area contributed by atoms with Crippen LogP contribution in [0.25, 0.3) is 0 Å². The van der Waals surface area contributed by atoms with E-state index < -0.39 is 29.5 Å². The first-order valence-electron chi connectivity index (χ1n) is 13.3. The first-order chi connectivity index (χ1) is 19.4. The summed E-state index contributed by atoms with van der Waals surface area (Å²) in [6.07, 6.45) is 3.26. The van der Waals surface area contributed by atoms with Gasteiger partial charge in [-0.2, -0.15) is 23.5 Å². The van der Waals surface area contributed by atoms with Gasteiger partial charge in [0, 0.05) is 54.7 Å². The Morgan fingerprint density at radius 3 is 1.23 bits per heavy atom. The second-order valence-electron chi connectivity index (χ2n) is 8.55. The lowest BCUT2D eigenvalue weighted by molar-refractivity contribution is 0.0459. The molecule has 0 unspecified atom stereocenters. The number of esters is 2. The quantitative estimate of drug-likeness (QED) is 0.0883. The summed E-state index contributed by atoms with van der Waals surface area (Å²) in [7, 11) is 4.64. The van der Waals surface area contributed by atoms with Gasteiger partial charge in [0.1, 0.15) is 0 Å². The van der Waals surface area contributed by atoms with E-state index in [2.05, 4.69) is 0 Å². The fourth-order valence-electron chi connectivity index (χ4n) is 3.74. The van der Waals surface area contributed by atoms with Gasteiger partial charge in [-0.1, -0.05) is 12.1 Å². The molecule has 1 rings (SSSR count). The predicted molar refractivity (Wildman–Crippen MR) is 163 cm³/mol. The molecular weight excluding hydrogens is 593 g/mol. The van der Waals surface area contributed by atoms with Crippen LogP contribution < -0.4 is 0 Å². The third-order valence-electron chi connectivity index (χ3n) is 6.11. The van der Waals surface area contributed by atoms with E-state index in [0.29, 0.717) is 12.8 Å². The van der Waals surface area contributed by atoms with Crippen LogP contribution in [-0.2, 0) is 36.0 Å². The fraction of sp³-hybridized carbons (Fsp3) is 0.692. The summed E-state index contributed by atoms with van der Waals surface area (Å²) in [6, 6.07) is 8.10. The van der Waals surface area contributed by atoms with E-state index in [-0.39, 0.29) is 24.3 Å². The molecule has 40 heavy (non-hydrogen) atoms. The van der Waals surface area contributed by atoms with Crippen LogP contribution in [0.15, 0.2) is 24.3 Å². The number of ether oxygens (including phenoxy) is 2. The Balaban J connectivity index is 2.28. The van der Waals surface area contributed by atoms with Crippen molar-refractivity contribution in [3.8, 4) is 0 Å². The molecule has 0 fully saturated rings. The minimum Gasteiger partial charge on any atom is -0.462 e. The maximum atomic E-state index is 12.6. The van der Waals surface area contributed by atoms with Crippen molar-refractivity contribution in [3.05, 3.63) is 35.4 Å². The van der Waals surface area contributed by atoms with E-state index in [0.717, 1.165) is 47.9 Å². The molecule has 10 nitrogen and oxygen atoms in total. The third kappa shape index (κ3) is 13.4. The van der Waals surface area contributed by atoms with Crippen LogP contribution in [0.4, 0.5) is 0 Å². The minimum absolute atomic E-state index is 0.219. The number of hydrogen-bond acceptors (Lipinski definition) is 12. The fourth-order valence-corrected chi connectivity index (χ4v) is 9.45. The third-order valence-corrected chi connectivity index (χ3v) is 14.1. The van der Waals surface area contributed by atoms with Crippen LogP contribution in [0.5, 0.6) is 0 Å². The van der Waals surface area contributed by atoms with E-state index in [1.807, 2.05) is 0 Å². The van der Waals surface area contributed by atoms with E-state index >= 15 is 0 Å². The van der Waals surface area contributed by atoms with Crippen molar-refractivity contribution in [2.75, 3.05) is 78.9 Å². The highest BCUT2D eigenvalue weighted by molar-refractivity contribution is 7.99. The zero-order valence-electron chi connectivity index (χ0n) is 24.7. The Morgan fingerprint density at radius 1 is 0.575 bits per heavy atom. The van der Waals surface area contributed by atoms with Gasteiger partial charge in [-0.3, -0.25) is 0 Å². The molecule has 0 bridgehead atoms. The summed E-state index contributed by atoms with van der Waals surface area (Å²) in [5, 5.41) is 0. The van der Waals surface area contributed by atoms with E-state index in [1.54, 1.807) is 90.4 Å². The number of thioether (sulfide) groups is 2. The Labute approximate surface area is 250 Å². The molecule has 0 saturated carbocycles. The smallest absolute Gasteiger partial charge is 0.462 e. The highest BCUT2D eigenvalue weighted by Crippen LogP contribution is 2.19. The summed E-state index contributed by atoms with van der Waals surface area (Å²) >= 11 is 3.55. The van der Waals surface area contributed by atoms with Crippen molar-refractivity contribution in [2.24, 2.45) is 0 Å². The molecule has 0 spiro atoms. The summed E-state index contributed by atoms with van der Waals surface area (Å²) in [4.78, 5) is 25.3. The zero-order valence-corrected chi connectivity index (χ0v) is 28.3. The predicted octanol–water partition coefficient (Wildman–Crippen LogP) is 4.78. The lowest BCUT2D eigenvalue weighted by atomic mass is 10.1. The normalized spacial score (nSPS) is 11.9. The Kier molecular flexibility index (Phi) is 20.1. The maximum absolute atomic E-state index is 12.6. The van der Waals surface area contributed by atoms with E-state index in [4.69, 9.17) is 36.0 Å². The van der Waals surface area contributed by atoms with Gasteiger partial charge in [0.15, 0.2) is 0 Å². The first-order valence-corrected chi connectivity index (χ1v) is 19.4. The van der Waals surface area contributed by atoms with Crippen molar-refractivity contribution < 1.29 is 45.6 Å². The van der Waals surface area contributed by atoms with Gasteiger partial charge in [0.05, 0.1) is 24.3 Å². The average Bonchev–Trinajstić information content (AvgIpc) is 3.00. The molecule has 0 atom stereocenters. The van der Waals surface area contributed by atoms with Crippen LogP contribution in [0.3, 0.4) is 0 Å². The molecule has 0 aliphatic carbocycles. The van der Waals surface area contributed by atoms with Crippen LogP contribution in [-0.4, -0.2) is 108 Å². The lowest BCUT2D eigenvalue weighted by Gasteiger charge is -2.24. The molecular formula is C26H46O10S2Si2. The minimum atomic E-state index is -2.52. The molecule has 0 saturated heterocycles. The Hall–Kier alpha value is -0.946. The largest absolute Gasteiger partial charge is 0.500 e. The molecule has 0 N–H and O–H groups in total. The van der Waals surface area contributed by atoms with Gasteiger partial charge in [0.25, 0.3) is 0 Å². The second kappa shape index (κ2) is 21.7. The van der Waals surface area contributed by atoms with Gasteiger partial charge >= 0.3 is 29.5 Å². The van der Waals surface area contributed by atoms with Crippen LogP contribution >= 0.6 is 23.5 Å². The van der Waals surface area contributed by atoms with Gasteiger partial charge in [0.2, 0.25) is 0 Å². The van der Waals surface area contributed by atoms with Gasteiger partial charge in [-0.05, 0) is 60.8 Å². The Bertz CT molecular complexity index is 758.